The van der Waals surface area contributed by atoms with Gasteiger partial charge in [-0.05, 0) is 12.5 Å². The van der Waals surface area contributed by atoms with Gasteiger partial charge < -0.3 is 15.4 Å². The number of carbonyl (C=O) groups is 1. The average molecular weight is 460 g/mol. The van der Waals surface area contributed by atoms with Crippen molar-refractivity contribution >= 4 is 40.2 Å². The molecule has 2 aromatic heterocycles. The molecule has 2 heterocycles. The molecule has 0 saturated heterocycles. The number of amides is 1. The Hall–Kier alpha value is -3.25. The Morgan fingerprint density at radius 3 is 2.91 bits per heavy atom. The van der Waals surface area contributed by atoms with Gasteiger partial charge in [0.2, 0.25) is 0 Å². The number of fused-ring (bicyclic) bond motifs is 1. The summed E-state index contributed by atoms with van der Waals surface area (Å²) in [5, 5.41) is 22.8. The highest BCUT2D eigenvalue weighted by atomic mass is 32.2. The lowest BCUT2D eigenvalue weighted by Crippen LogP contribution is -2.27. The third-order valence-electron chi connectivity index (χ3n) is 4.44. The van der Waals surface area contributed by atoms with Crippen LogP contribution in [0.25, 0.3) is 11.0 Å². The molecule has 3 aromatic rings. The number of hydrogen-bond donors (Lipinski definition) is 2. The molecule has 0 radical (unpaired) electrons. The SMILES string of the molecule is CCCSc1nc(NCCOC)c2cnn(CCNC(=O)c3cccc([N+](=O)[O-])c3)c2n1. The van der Waals surface area contributed by atoms with Gasteiger partial charge in [0.25, 0.3) is 11.6 Å². The van der Waals surface area contributed by atoms with Crippen molar-refractivity contribution in [1.29, 1.82) is 0 Å². The van der Waals surface area contributed by atoms with Crippen LogP contribution in [-0.2, 0) is 11.3 Å². The van der Waals surface area contributed by atoms with E-state index in [0.29, 0.717) is 36.3 Å². The molecule has 0 aliphatic rings. The summed E-state index contributed by atoms with van der Waals surface area (Å²) >= 11 is 1.57. The van der Waals surface area contributed by atoms with Crippen molar-refractivity contribution in [3.05, 3.63) is 46.1 Å². The monoisotopic (exact) mass is 459 g/mol. The molecule has 3 rings (SSSR count). The third kappa shape index (κ3) is 5.92. The van der Waals surface area contributed by atoms with Crippen LogP contribution in [0.3, 0.4) is 0 Å². The molecule has 0 spiro atoms. The molecule has 32 heavy (non-hydrogen) atoms. The molecule has 1 aromatic carbocycles. The highest BCUT2D eigenvalue weighted by molar-refractivity contribution is 7.99. The van der Waals surface area contributed by atoms with Crippen LogP contribution < -0.4 is 10.6 Å². The van der Waals surface area contributed by atoms with Gasteiger partial charge >= 0.3 is 0 Å². The molecular formula is C20H25N7O4S. The second kappa shape index (κ2) is 11.4. The maximum Gasteiger partial charge on any atom is 0.270 e. The maximum absolute atomic E-state index is 12.4. The van der Waals surface area contributed by atoms with Crippen LogP contribution in [0.1, 0.15) is 23.7 Å². The minimum Gasteiger partial charge on any atom is -0.383 e. The van der Waals surface area contributed by atoms with E-state index in [1.165, 1.54) is 24.3 Å². The lowest BCUT2D eigenvalue weighted by atomic mass is 10.2. The van der Waals surface area contributed by atoms with Gasteiger partial charge in [0, 0.05) is 43.6 Å². The van der Waals surface area contributed by atoms with E-state index in [9.17, 15) is 14.9 Å². The van der Waals surface area contributed by atoms with E-state index in [-0.39, 0.29) is 23.7 Å². The average Bonchev–Trinajstić information content (AvgIpc) is 3.21. The number of rotatable bonds is 12. The van der Waals surface area contributed by atoms with Gasteiger partial charge in [-0.15, -0.1) is 0 Å². The molecule has 0 aliphatic heterocycles. The van der Waals surface area contributed by atoms with Crippen molar-refractivity contribution in [2.75, 3.05) is 37.9 Å². The number of nitrogens with zero attached hydrogens (tertiary/aromatic N) is 5. The van der Waals surface area contributed by atoms with Crippen molar-refractivity contribution in [2.45, 2.75) is 25.0 Å². The third-order valence-corrected chi connectivity index (χ3v) is 5.49. The normalized spacial score (nSPS) is 10.9. The van der Waals surface area contributed by atoms with Gasteiger partial charge in [0.05, 0.1) is 29.7 Å². The van der Waals surface area contributed by atoms with Gasteiger partial charge in [-0.1, -0.05) is 24.8 Å². The predicted octanol–water partition coefficient (Wildman–Crippen LogP) is 2.72. The summed E-state index contributed by atoms with van der Waals surface area (Å²) in [6.45, 7) is 3.91. The number of hydrogen-bond acceptors (Lipinski definition) is 9. The van der Waals surface area contributed by atoms with E-state index in [2.05, 4.69) is 32.6 Å². The Balaban J connectivity index is 1.72. The number of nitro benzene ring substituents is 1. The largest absolute Gasteiger partial charge is 0.383 e. The fourth-order valence-corrected chi connectivity index (χ4v) is 3.59. The van der Waals surface area contributed by atoms with Crippen molar-refractivity contribution < 1.29 is 14.5 Å². The first-order valence-electron chi connectivity index (χ1n) is 10.1. The van der Waals surface area contributed by atoms with Crippen molar-refractivity contribution in [3.8, 4) is 0 Å². The lowest BCUT2D eigenvalue weighted by molar-refractivity contribution is -0.384. The number of carbonyl (C=O) groups excluding carboxylic acids is 1. The Kier molecular flexibility index (Phi) is 8.34. The molecule has 11 nitrogen and oxygen atoms in total. The quantitative estimate of drug-likeness (QED) is 0.138. The zero-order chi connectivity index (χ0) is 22.9. The number of non-ortho nitro benzene ring substituents is 1. The number of methoxy groups -OCH3 is 1. The molecule has 0 saturated carbocycles. The van der Waals surface area contributed by atoms with E-state index in [1.54, 1.807) is 29.8 Å². The van der Waals surface area contributed by atoms with E-state index < -0.39 is 4.92 Å². The first-order valence-corrected chi connectivity index (χ1v) is 11.1. The van der Waals surface area contributed by atoms with Crippen LogP contribution in [0.4, 0.5) is 11.5 Å². The van der Waals surface area contributed by atoms with Gasteiger partial charge in [0.15, 0.2) is 10.8 Å². The zero-order valence-corrected chi connectivity index (χ0v) is 18.7. The molecule has 1 amide bonds. The fourth-order valence-electron chi connectivity index (χ4n) is 2.90. The van der Waals surface area contributed by atoms with E-state index >= 15 is 0 Å². The minimum atomic E-state index is -0.529. The Morgan fingerprint density at radius 2 is 2.16 bits per heavy atom. The zero-order valence-electron chi connectivity index (χ0n) is 17.9. The van der Waals surface area contributed by atoms with Crippen LogP contribution in [0.5, 0.6) is 0 Å². The van der Waals surface area contributed by atoms with Crippen LogP contribution in [-0.4, -0.2) is 63.1 Å². The number of benzene rings is 1. The Morgan fingerprint density at radius 1 is 1.31 bits per heavy atom. The molecule has 0 bridgehead atoms. The molecule has 2 N–H and O–H groups in total. The Labute approximate surface area is 189 Å². The maximum atomic E-state index is 12.4. The smallest absolute Gasteiger partial charge is 0.270 e. The van der Waals surface area contributed by atoms with E-state index in [0.717, 1.165) is 17.6 Å². The summed E-state index contributed by atoms with van der Waals surface area (Å²) in [7, 11) is 1.64. The van der Waals surface area contributed by atoms with Crippen LogP contribution in [0.2, 0.25) is 0 Å². The van der Waals surface area contributed by atoms with Crippen molar-refractivity contribution in [3.63, 3.8) is 0 Å². The predicted molar refractivity (Wildman–Crippen MR) is 122 cm³/mol. The van der Waals surface area contributed by atoms with Gasteiger partial charge in [0.1, 0.15) is 5.82 Å². The van der Waals surface area contributed by atoms with Crippen LogP contribution >= 0.6 is 11.8 Å². The first kappa shape index (κ1) is 23.4. The van der Waals surface area contributed by atoms with E-state index in [4.69, 9.17) is 4.74 Å². The molecule has 0 aliphatic carbocycles. The molecule has 0 atom stereocenters. The number of ether oxygens (including phenoxy) is 1. The topological polar surface area (TPSA) is 137 Å². The highest BCUT2D eigenvalue weighted by Crippen LogP contribution is 2.24. The van der Waals surface area contributed by atoms with Crippen LogP contribution in [0, 0.1) is 10.1 Å². The van der Waals surface area contributed by atoms with Gasteiger partial charge in [-0.3, -0.25) is 14.9 Å². The van der Waals surface area contributed by atoms with Crippen molar-refractivity contribution in [1.82, 2.24) is 25.1 Å². The first-order chi connectivity index (χ1) is 15.5. The highest BCUT2D eigenvalue weighted by Gasteiger charge is 2.14. The number of aromatic nitrogens is 4. The van der Waals surface area contributed by atoms with Crippen LogP contribution in [0.15, 0.2) is 35.6 Å². The second-order valence-electron chi connectivity index (χ2n) is 6.79. The number of anilines is 1. The van der Waals surface area contributed by atoms with Crippen molar-refractivity contribution in [2.24, 2.45) is 0 Å². The summed E-state index contributed by atoms with van der Waals surface area (Å²) in [5.74, 6) is 1.20. The van der Waals surface area contributed by atoms with E-state index in [1.807, 2.05) is 0 Å². The molecule has 170 valence electrons. The second-order valence-corrected chi connectivity index (χ2v) is 7.85. The lowest BCUT2D eigenvalue weighted by Gasteiger charge is -2.10. The number of thioether (sulfide) groups is 1. The molecular weight excluding hydrogens is 434 g/mol. The summed E-state index contributed by atoms with van der Waals surface area (Å²) in [6, 6.07) is 5.62. The Bertz CT molecular complexity index is 1090. The fraction of sp³-hybridized carbons (Fsp3) is 0.400. The minimum absolute atomic E-state index is 0.127. The summed E-state index contributed by atoms with van der Waals surface area (Å²) in [6.07, 6.45) is 2.70. The summed E-state index contributed by atoms with van der Waals surface area (Å²) < 4.78 is 6.81. The number of nitrogens with one attached hydrogen (secondary N) is 2. The molecule has 12 heteroatoms. The molecule has 0 unspecified atom stereocenters. The van der Waals surface area contributed by atoms with Gasteiger partial charge in [-0.2, -0.15) is 5.10 Å². The summed E-state index contributed by atoms with van der Waals surface area (Å²) in [5.41, 5.74) is 0.774. The van der Waals surface area contributed by atoms with Gasteiger partial charge in [-0.25, -0.2) is 14.6 Å². The molecule has 0 fully saturated rings. The summed E-state index contributed by atoms with van der Waals surface area (Å²) in [4.78, 5) is 32.0. The number of nitro groups is 1. The standard InChI is InChI=1S/C20H25N7O4S/c1-3-11-32-20-24-17(21-8-10-31-2)16-13-23-26(18(16)25-20)9-7-22-19(28)14-5-4-6-15(12-14)27(29)30/h4-6,12-13H,3,7-11H2,1-2H3,(H,22,28)(H,21,24,25).